The Bertz CT molecular complexity index is 601. The summed E-state index contributed by atoms with van der Waals surface area (Å²) >= 11 is 8.81. The van der Waals surface area contributed by atoms with E-state index in [2.05, 4.69) is 15.5 Å². The molecule has 0 saturated heterocycles. The minimum Gasteiger partial charge on any atom is -0.300 e. The van der Waals surface area contributed by atoms with Crippen LogP contribution < -0.4 is 5.32 Å². The van der Waals surface area contributed by atoms with Crippen LogP contribution in [0.1, 0.15) is 25.3 Å². The van der Waals surface area contributed by atoms with E-state index in [4.69, 9.17) is 11.6 Å². The summed E-state index contributed by atoms with van der Waals surface area (Å²) in [6, 6.07) is 7.49. The number of halogens is 1. The molecule has 7 heteroatoms. The summed E-state index contributed by atoms with van der Waals surface area (Å²) in [5, 5.41) is 12.8. The van der Waals surface area contributed by atoms with E-state index in [0.717, 1.165) is 22.7 Å². The van der Waals surface area contributed by atoms with Crippen molar-refractivity contribution in [2.75, 3.05) is 5.32 Å². The van der Waals surface area contributed by atoms with Gasteiger partial charge in [0.15, 0.2) is 0 Å². The topological polar surface area (TPSA) is 54.9 Å². The highest BCUT2D eigenvalue weighted by Gasteiger charge is 2.19. The third-order valence-electron chi connectivity index (χ3n) is 2.75. The van der Waals surface area contributed by atoms with Crippen LogP contribution in [0.25, 0.3) is 0 Å². The number of nitrogens with zero attached hydrogens (tertiary/aromatic N) is 2. The number of carbonyl (C=O) groups excluding carboxylic acids is 1. The van der Waals surface area contributed by atoms with Crippen LogP contribution in [-0.2, 0) is 11.2 Å². The third kappa shape index (κ3) is 4.69. The standard InChI is InChI=1S/C14H16ClN3OS2/c1-3-11(20-10-7-5-9(15)6-8-10)13(19)16-14-18-17-12(4-2)21-14/h5-8,11H,3-4H2,1-2H3,(H,16,18,19). The van der Waals surface area contributed by atoms with Crippen molar-refractivity contribution in [1.82, 2.24) is 10.2 Å². The summed E-state index contributed by atoms with van der Waals surface area (Å²) < 4.78 is 0. The molecule has 1 N–H and O–H groups in total. The first-order valence-corrected chi connectivity index (χ1v) is 8.75. The average Bonchev–Trinajstić information content (AvgIpc) is 2.94. The van der Waals surface area contributed by atoms with Crippen LogP contribution >= 0.6 is 34.7 Å². The minimum absolute atomic E-state index is 0.0451. The molecule has 4 nitrogen and oxygen atoms in total. The van der Waals surface area contributed by atoms with Gasteiger partial charge in [0.2, 0.25) is 11.0 Å². The van der Waals surface area contributed by atoms with Crippen molar-refractivity contribution in [2.45, 2.75) is 36.8 Å². The van der Waals surface area contributed by atoms with Crippen molar-refractivity contribution < 1.29 is 4.79 Å². The molecule has 2 aromatic rings. The molecule has 0 aliphatic heterocycles. The predicted octanol–water partition coefficient (Wildman–Crippen LogP) is 4.26. The zero-order valence-corrected chi connectivity index (χ0v) is 14.2. The van der Waals surface area contributed by atoms with E-state index in [1.807, 2.05) is 38.1 Å². The summed E-state index contributed by atoms with van der Waals surface area (Å²) in [5.41, 5.74) is 0. The Balaban J connectivity index is 1.99. The monoisotopic (exact) mass is 341 g/mol. The van der Waals surface area contributed by atoms with Gasteiger partial charge >= 0.3 is 0 Å². The van der Waals surface area contributed by atoms with E-state index < -0.39 is 0 Å². The largest absolute Gasteiger partial charge is 0.300 e. The van der Waals surface area contributed by atoms with Gasteiger partial charge in [0.1, 0.15) is 5.01 Å². The second-order valence-corrected chi connectivity index (χ2v) is 7.09. The van der Waals surface area contributed by atoms with Gasteiger partial charge in [0.05, 0.1) is 5.25 Å². The maximum Gasteiger partial charge on any atom is 0.239 e. The molecule has 1 amide bonds. The highest BCUT2D eigenvalue weighted by atomic mass is 35.5. The number of anilines is 1. The molecular weight excluding hydrogens is 326 g/mol. The number of amides is 1. The molecule has 0 spiro atoms. The summed E-state index contributed by atoms with van der Waals surface area (Å²) in [7, 11) is 0. The Labute approximate surface area is 137 Å². The maximum atomic E-state index is 12.3. The molecule has 0 aliphatic rings. The lowest BCUT2D eigenvalue weighted by atomic mass is 10.3. The van der Waals surface area contributed by atoms with Gasteiger partial charge in [-0.2, -0.15) is 0 Å². The lowest BCUT2D eigenvalue weighted by Crippen LogP contribution is -2.24. The van der Waals surface area contributed by atoms with E-state index in [1.165, 1.54) is 23.1 Å². The van der Waals surface area contributed by atoms with Crippen LogP contribution in [-0.4, -0.2) is 21.4 Å². The minimum atomic E-state index is -0.167. The van der Waals surface area contributed by atoms with Crippen molar-refractivity contribution in [3.63, 3.8) is 0 Å². The van der Waals surface area contributed by atoms with E-state index in [0.29, 0.717) is 10.2 Å². The Morgan fingerprint density at radius 2 is 2.05 bits per heavy atom. The summed E-state index contributed by atoms with van der Waals surface area (Å²) in [4.78, 5) is 13.3. The fraction of sp³-hybridized carbons (Fsp3) is 0.357. The van der Waals surface area contributed by atoms with Gasteiger partial charge in [-0.15, -0.1) is 22.0 Å². The van der Waals surface area contributed by atoms with Crippen LogP contribution in [0.3, 0.4) is 0 Å². The number of hydrogen-bond acceptors (Lipinski definition) is 5. The Morgan fingerprint density at radius 1 is 1.33 bits per heavy atom. The lowest BCUT2D eigenvalue weighted by molar-refractivity contribution is -0.115. The normalized spacial score (nSPS) is 12.1. The Kier molecular flexibility index (Phi) is 6.02. The molecule has 0 bridgehead atoms. The number of aryl methyl sites for hydroxylation is 1. The molecule has 1 aromatic carbocycles. The number of aromatic nitrogens is 2. The molecule has 21 heavy (non-hydrogen) atoms. The summed E-state index contributed by atoms with van der Waals surface area (Å²) in [6.07, 6.45) is 1.56. The first-order valence-electron chi connectivity index (χ1n) is 6.67. The van der Waals surface area contributed by atoms with Crippen LogP contribution in [0.2, 0.25) is 5.02 Å². The summed E-state index contributed by atoms with van der Waals surface area (Å²) in [5.74, 6) is -0.0451. The van der Waals surface area contributed by atoms with Gasteiger partial charge in [-0.3, -0.25) is 10.1 Å². The molecule has 1 atom stereocenters. The fourth-order valence-corrected chi connectivity index (χ4v) is 3.40. The van der Waals surface area contributed by atoms with Crippen molar-refractivity contribution in [2.24, 2.45) is 0 Å². The molecule has 0 radical (unpaired) electrons. The molecule has 1 heterocycles. The molecule has 1 unspecified atom stereocenters. The van der Waals surface area contributed by atoms with E-state index in [-0.39, 0.29) is 11.2 Å². The predicted molar refractivity (Wildman–Crippen MR) is 89.3 cm³/mol. The van der Waals surface area contributed by atoms with Crippen molar-refractivity contribution in [3.8, 4) is 0 Å². The van der Waals surface area contributed by atoms with Gasteiger partial charge in [0, 0.05) is 9.92 Å². The molecule has 0 aliphatic carbocycles. The van der Waals surface area contributed by atoms with Crippen molar-refractivity contribution in [1.29, 1.82) is 0 Å². The fourth-order valence-electron chi connectivity index (χ4n) is 1.63. The van der Waals surface area contributed by atoms with E-state index >= 15 is 0 Å². The number of thioether (sulfide) groups is 1. The van der Waals surface area contributed by atoms with Gasteiger partial charge in [-0.1, -0.05) is 36.8 Å². The van der Waals surface area contributed by atoms with Crippen molar-refractivity contribution in [3.05, 3.63) is 34.3 Å². The average molecular weight is 342 g/mol. The number of carbonyl (C=O) groups is 1. The van der Waals surface area contributed by atoms with Crippen LogP contribution in [0.4, 0.5) is 5.13 Å². The highest BCUT2D eigenvalue weighted by Crippen LogP contribution is 2.28. The first-order chi connectivity index (χ1) is 10.1. The maximum absolute atomic E-state index is 12.3. The van der Waals surface area contributed by atoms with Crippen molar-refractivity contribution >= 4 is 45.7 Å². The molecule has 2 rings (SSSR count). The Hall–Kier alpha value is -1.11. The molecule has 112 valence electrons. The first kappa shape index (κ1) is 16.3. The molecule has 1 aromatic heterocycles. The molecule has 0 fully saturated rings. The zero-order chi connectivity index (χ0) is 15.2. The SMILES string of the molecule is CCc1nnc(NC(=O)C(CC)Sc2ccc(Cl)cc2)s1. The molecular formula is C14H16ClN3OS2. The number of hydrogen-bond donors (Lipinski definition) is 1. The van der Waals surface area contributed by atoms with Crippen LogP contribution in [0.15, 0.2) is 29.2 Å². The van der Waals surface area contributed by atoms with E-state index in [1.54, 1.807) is 0 Å². The number of nitrogens with one attached hydrogen (secondary N) is 1. The smallest absolute Gasteiger partial charge is 0.239 e. The second-order valence-electron chi connectivity index (χ2n) is 4.31. The lowest BCUT2D eigenvalue weighted by Gasteiger charge is -2.13. The summed E-state index contributed by atoms with van der Waals surface area (Å²) in [6.45, 7) is 4.00. The van der Waals surface area contributed by atoms with Crippen LogP contribution in [0.5, 0.6) is 0 Å². The van der Waals surface area contributed by atoms with Gasteiger partial charge in [-0.05, 0) is 37.1 Å². The van der Waals surface area contributed by atoms with Gasteiger partial charge < -0.3 is 0 Å². The quantitative estimate of drug-likeness (QED) is 0.797. The van der Waals surface area contributed by atoms with Gasteiger partial charge in [0.25, 0.3) is 0 Å². The number of benzene rings is 1. The molecule has 0 saturated carbocycles. The number of rotatable bonds is 6. The Morgan fingerprint density at radius 3 is 2.62 bits per heavy atom. The third-order valence-corrected chi connectivity index (χ3v) is 5.37. The highest BCUT2D eigenvalue weighted by molar-refractivity contribution is 8.00. The zero-order valence-electron chi connectivity index (χ0n) is 11.8. The van der Waals surface area contributed by atoms with E-state index in [9.17, 15) is 4.79 Å². The second kappa shape index (κ2) is 7.77. The van der Waals surface area contributed by atoms with Crippen LogP contribution in [0, 0.1) is 0 Å². The van der Waals surface area contributed by atoms with Gasteiger partial charge in [-0.25, -0.2) is 0 Å².